The summed E-state index contributed by atoms with van der Waals surface area (Å²) in [5.41, 5.74) is 8.28. The quantitative estimate of drug-likeness (QED) is 0.512. The second-order valence-electron chi connectivity index (χ2n) is 5.01. The van der Waals surface area contributed by atoms with Gasteiger partial charge in [0.2, 0.25) is 0 Å². The first-order chi connectivity index (χ1) is 11.1. The first-order valence-corrected chi connectivity index (χ1v) is 7.26. The van der Waals surface area contributed by atoms with Crippen LogP contribution in [-0.2, 0) is 14.3 Å². The number of nitrogens with zero attached hydrogens (tertiary/aromatic N) is 2. The van der Waals surface area contributed by atoms with Crippen LogP contribution in [0.3, 0.4) is 0 Å². The van der Waals surface area contributed by atoms with Crippen molar-refractivity contribution < 1.29 is 19.1 Å². The van der Waals surface area contributed by atoms with E-state index in [0.29, 0.717) is 25.5 Å². The van der Waals surface area contributed by atoms with Crippen LogP contribution in [0, 0.1) is 0 Å². The van der Waals surface area contributed by atoms with Gasteiger partial charge in [0.25, 0.3) is 11.8 Å². The Morgan fingerprint density at radius 1 is 1.30 bits per heavy atom. The molecule has 1 aromatic carbocycles. The second-order valence-corrected chi connectivity index (χ2v) is 5.01. The normalized spacial score (nSPS) is 15.5. The topological polar surface area (TPSA) is 106 Å². The van der Waals surface area contributed by atoms with Gasteiger partial charge in [-0.1, -0.05) is 0 Å². The van der Waals surface area contributed by atoms with Gasteiger partial charge in [-0.3, -0.25) is 14.5 Å². The largest absolute Gasteiger partial charge is 0.484 e. The first kappa shape index (κ1) is 16.9. The van der Waals surface area contributed by atoms with Crippen molar-refractivity contribution in [1.29, 1.82) is 0 Å². The van der Waals surface area contributed by atoms with E-state index in [1.54, 1.807) is 24.3 Å². The van der Waals surface area contributed by atoms with Gasteiger partial charge >= 0.3 is 0 Å². The predicted molar refractivity (Wildman–Crippen MR) is 84.1 cm³/mol. The van der Waals surface area contributed by atoms with Gasteiger partial charge in [0.15, 0.2) is 6.61 Å². The molecular weight excluding hydrogens is 300 g/mol. The third-order valence-corrected chi connectivity index (χ3v) is 3.13. The fraction of sp³-hybridized carbons (Fsp3) is 0.400. The number of hydrogen-bond donors (Lipinski definition) is 2. The van der Waals surface area contributed by atoms with Crippen molar-refractivity contribution in [2.75, 3.05) is 39.5 Å². The molecule has 3 N–H and O–H groups in total. The highest BCUT2D eigenvalue weighted by Crippen LogP contribution is 2.10. The van der Waals surface area contributed by atoms with E-state index in [1.165, 1.54) is 6.21 Å². The molecule has 0 spiro atoms. The lowest BCUT2D eigenvalue weighted by Crippen LogP contribution is -2.42. The Morgan fingerprint density at radius 3 is 2.65 bits per heavy atom. The van der Waals surface area contributed by atoms with Gasteiger partial charge in [0.1, 0.15) is 5.75 Å². The third-order valence-electron chi connectivity index (χ3n) is 3.13. The number of nitrogens with one attached hydrogen (secondary N) is 1. The number of amides is 2. The molecule has 0 bridgehead atoms. The molecule has 0 unspecified atom stereocenters. The van der Waals surface area contributed by atoms with Crippen molar-refractivity contribution in [3.8, 4) is 5.75 Å². The number of nitrogens with two attached hydrogens (primary N) is 1. The molecule has 0 aromatic heterocycles. The summed E-state index contributed by atoms with van der Waals surface area (Å²) >= 11 is 0. The summed E-state index contributed by atoms with van der Waals surface area (Å²) in [6.07, 6.45) is 1.54. The molecule has 8 heteroatoms. The van der Waals surface area contributed by atoms with Crippen LogP contribution in [-0.4, -0.2) is 62.4 Å². The molecule has 0 aliphatic carbocycles. The van der Waals surface area contributed by atoms with Crippen LogP contribution in [0.5, 0.6) is 5.75 Å². The maximum Gasteiger partial charge on any atom is 0.255 e. The molecule has 1 aliphatic rings. The number of rotatable bonds is 7. The van der Waals surface area contributed by atoms with Crippen molar-refractivity contribution >= 4 is 18.0 Å². The van der Waals surface area contributed by atoms with Gasteiger partial charge < -0.3 is 15.2 Å². The Balaban J connectivity index is 1.73. The lowest BCUT2D eigenvalue weighted by molar-refractivity contribution is -0.123. The van der Waals surface area contributed by atoms with Gasteiger partial charge in [-0.15, -0.1) is 0 Å². The minimum absolute atomic E-state index is 0.162. The Morgan fingerprint density at radius 2 is 2.00 bits per heavy atom. The summed E-state index contributed by atoms with van der Waals surface area (Å²) in [6.45, 7) is 2.96. The maximum absolute atomic E-state index is 11.7. The van der Waals surface area contributed by atoms with Gasteiger partial charge in [-0.2, -0.15) is 5.10 Å². The number of morpholine rings is 1. The fourth-order valence-electron chi connectivity index (χ4n) is 1.98. The minimum Gasteiger partial charge on any atom is -0.484 e. The molecule has 8 nitrogen and oxygen atoms in total. The van der Waals surface area contributed by atoms with Crippen molar-refractivity contribution in [1.82, 2.24) is 10.3 Å². The summed E-state index contributed by atoms with van der Waals surface area (Å²) in [5, 5.41) is 3.91. The van der Waals surface area contributed by atoms with Crippen LogP contribution in [0.2, 0.25) is 0 Å². The number of primary amides is 1. The van der Waals surface area contributed by atoms with Crippen LogP contribution in [0.15, 0.2) is 29.4 Å². The maximum atomic E-state index is 11.7. The summed E-state index contributed by atoms with van der Waals surface area (Å²) in [4.78, 5) is 24.4. The molecule has 0 radical (unpaired) electrons. The molecule has 1 saturated heterocycles. The number of hydrazone groups is 1. The second kappa shape index (κ2) is 8.86. The average Bonchev–Trinajstić information content (AvgIpc) is 2.55. The molecule has 1 aliphatic heterocycles. The number of ether oxygens (including phenoxy) is 2. The summed E-state index contributed by atoms with van der Waals surface area (Å²) < 4.78 is 10.4. The van der Waals surface area contributed by atoms with Crippen molar-refractivity contribution in [2.45, 2.75) is 0 Å². The molecule has 1 fully saturated rings. The zero-order valence-electron chi connectivity index (χ0n) is 12.7. The lowest BCUT2D eigenvalue weighted by atomic mass is 10.2. The zero-order chi connectivity index (χ0) is 16.5. The monoisotopic (exact) mass is 320 g/mol. The van der Waals surface area contributed by atoms with Crippen LogP contribution in [0.4, 0.5) is 0 Å². The van der Waals surface area contributed by atoms with Crippen LogP contribution in [0.1, 0.15) is 5.56 Å². The molecule has 124 valence electrons. The smallest absolute Gasteiger partial charge is 0.255 e. The van der Waals surface area contributed by atoms with E-state index in [4.69, 9.17) is 15.2 Å². The van der Waals surface area contributed by atoms with Gasteiger partial charge in [0, 0.05) is 13.1 Å². The van der Waals surface area contributed by atoms with Gasteiger partial charge in [0.05, 0.1) is 26.0 Å². The van der Waals surface area contributed by atoms with E-state index < -0.39 is 5.91 Å². The predicted octanol–water partition coefficient (Wildman–Crippen LogP) is -0.667. The van der Waals surface area contributed by atoms with E-state index in [9.17, 15) is 9.59 Å². The highest BCUT2D eigenvalue weighted by molar-refractivity contribution is 5.83. The average molecular weight is 320 g/mol. The summed E-state index contributed by atoms with van der Waals surface area (Å²) in [7, 11) is 0. The minimum atomic E-state index is -0.529. The molecule has 2 amide bonds. The van der Waals surface area contributed by atoms with Crippen molar-refractivity contribution in [3.05, 3.63) is 29.8 Å². The molecular formula is C15H20N4O4. The van der Waals surface area contributed by atoms with Crippen LogP contribution in [0.25, 0.3) is 0 Å². The molecule has 0 atom stereocenters. The Bertz CT molecular complexity index is 553. The van der Waals surface area contributed by atoms with E-state index in [-0.39, 0.29) is 12.5 Å². The molecule has 0 saturated carbocycles. The third kappa shape index (κ3) is 6.45. The Kier molecular flexibility index (Phi) is 6.52. The van der Waals surface area contributed by atoms with Crippen LogP contribution >= 0.6 is 0 Å². The van der Waals surface area contributed by atoms with E-state index in [1.807, 2.05) is 4.90 Å². The number of benzene rings is 1. The zero-order valence-corrected chi connectivity index (χ0v) is 12.7. The summed E-state index contributed by atoms with van der Waals surface area (Å²) in [6, 6.07) is 6.90. The van der Waals surface area contributed by atoms with E-state index in [0.717, 1.165) is 18.7 Å². The first-order valence-electron chi connectivity index (χ1n) is 7.26. The summed E-state index contributed by atoms with van der Waals surface area (Å²) in [5.74, 6) is -0.152. The molecule has 2 rings (SSSR count). The highest BCUT2D eigenvalue weighted by atomic mass is 16.5. The SMILES string of the molecule is NC(=O)COc1ccc(/C=N\NC(=O)CN2CCOCC2)cc1. The van der Waals surface area contributed by atoms with E-state index in [2.05, 4.69) is 10.5 Å². The molecule has 1 aromatic rings. The van der Waals surface area contributed by atoms with Crippen molar-refractivity contribution in [3.63, 3.8) is 0 Å². The number of carbonyl (C=O) groups is 2. The highest BCUT2D eigenvalue weighted by Gasteiger charge is 2.13. The van der Waals surface area contributed by atoms with Crippen LogP contribution < -0.4 is 15.9 Å². The van der Waals surface area contributed by atoms with Gasteiger partial charge in [-0.05, 0) is 29.8 Å². The lowest BCUT2D eigenvalue weighted by Gasteiger charge is -2.25. The Hall–Kier alpha value is -2.45. The number of hydrogen-bond acceptors (Lipinski definition) is 6. The van der Waals surface area contributed by atoms with Crippen molar-refractivity contribution in [2.24, 2.45) is 10.8 Å². The fourth-order valence-corrected chi connectivity index (χ4v) is 1.98. The molecule has 1 heterocycles. The number of carbonyl (C=O) groups excluding carboxylic acids is 2. The standard InChI is InChI=1S/C15H20N4O4/c16-14(20)11-23-13-3-1-12(2-4-13)9-17-18-15(21)10-19-5-7-22-8-6-19/h1-4,9H,5-8,10-11H2,(H2,16,20)(H,18,21)/b17-9-. The molecule has 23 heavy (non-hydrogen) atoms. The van der Waals surface area contributed by atoms with E-state index >= 15 is 0 Å². The van der Waals surface area contributed by atoms with Gasteiger partial charge in [-0.25, -0.2) is 5.43 Å². The Labute approximate surface area is 134 Å².